The molecule has 0 unspecified atom stereocenters. The Morgan fingerprint density at radius 2 is 1.91 bits per heavy atom. The number of carbonyl (C=O) groups is 1. The van der Waals surface area contributed by atoms with Crippen molar-refractivity contribution in [3.05, 3.63) is 44.7 Å². The third kappa shape index (κ3) is 6.23. The van der Waals surface area contributed by atoms with Crippen LogP contribution in [-0.4, -0.2) is 37.6 Å². The Labute approximate surface area is 205 Å². The molecule has 0 atom stereocenters. The number of thiocarbonyl (C=S) groups is 1. The molecular weight excluding hydrogens is 452 g/mol. The number of anilines is 1. The normalized spacial score (nSPS) is 15.4. The molecular formula is C25H34N4O2S2. The molecule has 0 bridgehead atoms. The molecule has 3 heterocycles. The number of pyridine rings is 1. The maximum Gasteiger partial charge on any atom is 0.267 e. The van der Waals surface area contributed by atoms with Crippen LogP contribution in [0.2, 0.25) is 0 Å². The molecule has 2 aromatic heterocycles. The van der Waals surface area contributed by atoms with E-state index in [1.165, 1.54) is 37.4 Å². The van der Waals surface area contributed by atoms with E-state index in [1.54, 1.807) is 21.6 Å². The molecule has 3 rings (SSSR count). The molecule has 0 aliphatic carbocycles. The highest BCUT2D eigenvalue weighted by Crippen LogP contribution is 2.33. The molecule has 33 heavy (non-hydrogen) atoms. The average molecular weight is 487 g/mol. The first-order valence-corrected chi connectivity index (χ1v) is 13.1. The zero-order valence-electron chi connectivity index (χ0n) is 20.0. The van der Waals surface area contributed by atoms with Crippen LogP contribution in [0.1, 0.15) is 70.4 Å². The Balaban J connectivity index is 1.87. The van der Waals surface area contributed by atoms with Crippen molar-refractivity contribution in [2.24, 2.45) is 5.92 Å². The molecule has 2 aromatic rings. The van der Waals surface area contributed by atoms with Crippen molar-refractivity contribution < 1.29 is 4.79 Å². The minimum Gasteiger partial charge on any atom is -0.369 e. The van der Waals surface area contributed by atoms with E-state index in [9.17, 15) is 9.59 Å². The van der Waals surface area contributed by atoms with Gasteiger partial charge in [0.1, 0.15) is 15.8 Å². The van der Waals surface area contributed by atoms with Gasteiger partial charge in [-0.2, -0.15) is 0 Å². The Morgan fingerprint density at radius 3 is 2.64 bits per heavy atom. The van der Waals surface area contributed by atoms with Crippen molar-refractivity contribution in [3.63, 3.8) is 0 Å². The second-order valence-corrected chi connectivity index (χ2v) is 10.6. The first kappa shape index (κ1) is 25.4. The summed E-state index contributed by atoms with van der Waals surface area (Å²) in [6.07, 6.45) is 10.3. The lowest BCUT2D eigenvalue weighted by Gasteiger charge is -2.14. The molecule has 8 heteroatoms. The number of aryl methyl sites for hydroxylation is 1. The van der Waals surface area contributed by atoms with Crippen LogP contribution in [0.5, 0.6) is 0 Å². The summed E-state index contributed by atoms with van der Waals surface area (Å²) in [5, 5.41) is 3.31. The number of rotatable bonds is 11. The van der Waals surface area contributed by atoms with Crippen LogP contribution in [-0.2, 0) is 4.79 Å². The van der Waals surface area contributed by atoms with Crippen LogP contribution in [0, 0.1) is 12.8 Å². The van der Waals surface area contributed by atoms with Gasteiger partial charge in [-0.05, 0) is 37.0 Å². The lowest BCUT2D eigenvalue weighted by molar-refractivity contribution is -0.122. The minimum atomic E-state index is -0.198. The molecule has 1 N–H and O–H groups in total. The van der Waals surface area contributed by atoms with Crippen LogP contribution < -0.4 is 10.9 Å². The minimum absolute atomic E-state index is 0.123. The van der Waals surface area contributed by atoms with E-state index in [0.717, 1.165) is 18.4 Å². The van der Waals surface area contributed by atoms with Gasteiger partial charge in [0, 0.05) is 19.3 Å². The van der Waals surface area contributed by atoms with Crippen LogP contribution in [0.25, 0.3) is 11.7 Å². The molecule has 1 fully saturated rings. The van der Waals surface area contributed by atoms with Gasteiger partial charge in [-0.15, -0.1) is 0 Å². The molecule has 0 spiro atoms. The van der Waals surface area contributed by atoms with Crippen molar-refractivity contribution in [2.45, 2.75) is 66.2 Å². The summed E-state index contributed by atoms with van der Waals surface area (Å²) in [5.41, 5.74) is 1.72. The fourth-order valence-corrected chi connectivity index (χ4v) is 5.04. The van der Waals surface area contributed by atoms with E-state index in [4.69, 9.17) is 17.2 Å². The lowest BCUT2D eigenvalue weighted by atomic mass is 10.1. The van der Waals surface area contributed by atoms with E-state index >= 15 is 0 Å². The second-order valence-electron chi connectivity index (χ2n) is 8.94. The number of fused-ring (bicyclic) bond motifs is 1. The van der Waals surface area contributed by atoms with E-state index in [1.807, 2.05) is 19.1 Å². The molecule has 1 amide bonds. The number of aromatic nitrogens is 2. The zero-order valence-corrected chi connectivity index (χ0v) is 21.7. The molecule has 1 aliphatic heterocycles. The van der Waals surface area contributed by atoms with Crippen LogP contribution in [0.4, 0.5) is 5.82 Å². The SMILES string of the molecule is CCCCCCCCN1C(=O)/C(=C/c2c(NCC(C)C)nc3c(C)cccn3c2=O)SC1=S. The maximum absolute atomic E-state index is 13.4. The van der Waals surface area contributed by atoms with Crippen LogP contribution in [0.3, 0.4) is 0 Å². The Bertz CT molecular complexity index is 1110. The van der Waals surface area contributed by atoms with Crippen LogP contribution in [0.15, 0.2) is 28.0 Å². The number of thioether (sulfide) groups is 1. The summed E-state index contributed by atoms with van der Waals surface area (Å²) in [6.45, 7) is 9.63. The Hall–Kier alpha value is -2.19. The molecule has 0 aromatic carbocycles. The van der Waals surface area contributed by atoms with Gasteiger partial charge in [-0.25, -0.2) is 4.98 Å². The average Bonchev–Trinajstić information content (AvgIpc) is 3.04. The van der Waals surface area contributed by atoms with E-state index in [0.29, 0.717) is 45.3 Å². The monoisotopic (exact) mass is 486 g/mol. The van der Waals surface area contributed by atoms with Crippen LogP contribution >= 0.6 is 24.0 Å². The van der Waals surface area contributed by atoms with Crippen molar-refractivity contribution in [1.29, 1.82) is 0 Å². The first-order chi connectivity index (χ1) is 15.8. The van der Waals surface area contributed by atoms with Gasteiger partial charge in [0.05, 0.1) is 10.5 Å². The third-order valence-electron chi connectivity index (χ3n) is 5.65. The quantitative estimate of drug-likeness (QED) is 0.252. The van der Waals surface area contributed by atoms with Crippen molar-refractivity contribution in [2.75, 3.05) is 18.4 Å². The third-order valence-corrected chi connectivity index (χ3v) is 7.02. The summed E-state index contributed by atoms with van der Waals surface area (Å²) in [7, 11) is 0. The predicted molar refractivity (Wildman–Crippen MR) is 143 cm³/mol. The standard InChI is InChI=1S/C25H34N4O2S2/c1-5-6-7-8-9-10-13-29-24(31)20(33-25(29)32)15-19-21(26-16-17(2)3)27-22-18(4)12-11-14-28(22)23(19)30/h11-12,14-15,17,26H,5-10,13,16H2,1-4H3/b20-15-. The second kappa shape index (κ2) is 11.8. The lowest BCUT2D eigenvalue weighted by Crippen LogP contribution is -2.29. The number of amides is 1. The van der Waals surface area contributed by atoms with Crippen molar-refractivity contribution in [1.82, 2.24) is 14.3 Å². The number of unbranched alkanes of at least 4 members (excludes halogenated alkanes) is 5. The topological polar surface area (TPSA) is 66.7 Å². The molecule has 0 saturated carbocycles. The van der Waals surface area contributed by atoms with Crippen molar-refractivity contribution in [3.8, 4) is 0 Å². The largest absolute Gasteiger partial charge is 0.369 e. The van der Waals surface area contributed by atoms with Gasteiger partial charge in [0.25, 0.3) is 11.5 Å². The van der Waals surface area contributed by atoms with Gasteiger partial charge in [0.15, 0.2) is 0 Å². The Kier molecular flexibility index (Phi) is 9.09. The smallest absolute Gasteiger partial charge is 0.267 e. The van der Waals surface area contributed by atoms with Gasteiger partial charge in [-0.1, -0.05) is 82.9 Å². The summed E-state index contributed by atoms with van der Waals surface area (Å²) >= 11 is 6.75. The molecule has 178 valence electrons. The van der Waals surface area contributed by atoms with Crippen molar-refractivity contribution >= 4 is 51.7 Å². The molecule has 0 radical (unpaired) electrons. The summed E-state index contributed by atoms with van der Waals surface area (Å²) in [4.78, 5) is 33.3. The zero-order chi connectivity index (χ0) is 24.0. The number of hydrogen-bond acceptors (Lipinski definition) is 6. The van der Waals surface area contributed by atoms with E-state index in [2.05, 4.69) is 26.1 Å². The van der Waals surface area contributed by atoms with Gasteiger partial charge in [-0.3, -0.25) is 18.9 Å². The number of hydrogen-bond donors (Lipinski definition) is 1. The fraction of sp³-hybridized carbons (Fsp3) is 0.520. The highest BCUT2D eigenvalue weighted by molar-refractivity contribution is 8.26. The summed E-state index contributed by atoms with van der Waals surface area (Å²) in [6, 6.07) is 3.76. The van der Waals surface area contributed by atoms with Gasteiger partial charge >= 0.3 is 0 Å². The predicted octanol–water partition coefficient (Wildman–Crippen LogP) is 5.63. The van der Waals surface area contributed by atoms with E-state index in [-0.39, 0.29) is 11.5 Å². The van der Waals surface area contributed by atoms with Gasteiger partial charge in [0.2, 0.25) is 0 Å². The number of carbonyl (C=O) groups excluding carboxylic acids is 1. The van der Waals surface area contributed by atoms with Gasteiger partial charge < -0.3 is 5.32 Å². The Morgan fingerprint density at radius 1 is 1.18 bits per heavy atom. The fourth-order valence-electron chi connectivity index (χ4n) is 3.75. The first-order valence-electron chi connectivity index (χ1n) is 11.8. The maximum atomic E-state index is 13.4. The molecule has 1 saturated heterocycles. The molecule has 1 aliphatic rings. The number of nitrogens with one attached hydrogen (secondary N) is 1. The highest BCUT2D eigenvalue weighted by atomic mass is 32.2. The highest BCUT2D eigenvalue weighted by Gasteiger charge is 2.32. The number of nitrogens with zero attached hydrogens (tertiary/aromatic N) is 3. The van der Waals surface area contributed by atoms with E-state index < -0.39 is 0 Å². The summed E-state index contributed by atoms with van der Waals surface area (Å²) in [5.74, 6) is 0.761. The molecule has 6 nitrogen and oxygen atoms in total. The summed E-state index contributed by atoms with van der Waals surface area (Å²) < 4.78 is 2.10.